The van der Waals surface area contributed by atoms with Crippen LogP contribution in [0.25, 0.3) is 0 Å². The molecule has 1 rings (SSSR count). The van der Waals surface area contributed by atoms with Gasteiger partial charge in [-0.3, -0.25) is 4.79 Å². The third kappa shape index (κ3) is 4.61. The van der Waals surface area contributed by atoms with Gasteiger partial charge < -0.3 is 15.3 Å². The van der Waals surface area contributed by atoms with Crippen LogP contribution in [0.15, 0.2) is 24.3 Å². The molecular weight excluding hydrogens is 263 g/mol. The molecule has 0 aromatic heterocycles. The molecule has 6 heteroatoms. The van der Waals surface area contributed by atoms with Crippen molar-refractivity contribution in [1.82, 2.24) is 10.2 Å². The normalized spacial score (nSPS) is 11.2. The Morgan fingerprint density at radius 3 is 2.55 bits per heavy atom. The number of hydrogen-bond donors (Lipinski definition) is 2. The number of terminal acetylenes is 1. The Morgan fingerprint density at radius 2 is 2.05 bits per heavy atom. The Morgan fingerprint density at radius 1 is 1.45 bits per heavy atom. The number of rotatable bonds is 5. The number of carboxylic acids is 1. The number of carbonyl (C=O) groups is 2. The molecule has 0 fully saturated rings. The molecule has 0 spiro atoms. The van der Waals surface area contributed by atoms with Crippen molar-refractivity contribution in [3.05, 3.63) is 35.6 Å². The number of carboxylic acid groups (broad SMARTS) is 1. The molecule has 2 N–H and O–H groups in total. The first kappa shape index (κ1) is 15.5. The van der Waals surface area contributed by atoms with E-state index in [1.165, 1.54) is 12.1 Å². The highest BCUT2D eigenvalue weighted by atomic mass is 19.1. The van der Waals surface area contributed by atoms with Crippen LogP contribution in [-0.4, -0.2) is 35.1 Å². The summed E-state index contributed by atoms with van der Waals surface area (Å²) in [6.07, 6.45) is 5.10. The average Bonchev–Trinajstić information content (AvgIpc) is 2.38. The highest BCUT2D eigenvalue weighted by Gasteiger charge is 2.18. The molecule has 5 nitrogen and oxygen atoms in total. The SMILES string of the molecule is C#CCN(CC(=O)O)C(=O)NC(C)c1ccc(F)cc1. The summed E-state index contributed by atoms with van der Waals surface area (Å²) >= 11 is 0. The number of aliphatic carboxylic acids is 1. The third-order valence-electron chi connectivity index (χ3n) is 2.61. The first-order chi connectivity index (χ1) is 9.43. The van der Waals surface area contributed by atoms with Crippen molar-refractivity contribution in [3.63, 3.8) is 0 Å². The van der Waals surface area contributed by atoms with Gasteiger partial charge in [-0.25, -0.2) is 9.18 Å². The van der Waals surface area contributed by atoms with Crippen LogP contribution in [-0.2, 0) is 4.79 Å². The second-order valence-electron chi connectivity index (χ2n) is 4.18. The predicted octanol–water partition coefficient (Wildman–Crippen LogP) is 1.62. The first-order valence-corrected chi connectivity index (χ1v) is 5.90. The Hall–Kier alpha value is -2.55. The van der Waals surface area contributed by atoms with Gasteiger partial charge in [-0.1, -0.05) is 18.1 Å². The van der Waals surface area contributed by atoms with Crippen LogP contribution < -0.4 is 5.32 Å². The Labute approximate surface area is 116 Å². The van der Waals surface area contributed by atoms with Crippen LogP contribution in [0, 0.1) is 18.2 Å². The quantitative estimate of drug-likeness (QED) is 0.804. The molecule has 0 saturated carbocycles. The van der Waals surface area contributed by atoms with Gasteiger partial charge in [0.2, 0.25) is 0 Å². The van der Waals surface area contributed by atoms with Crippen LogP contribution in [0.2, 0.25) is 0 Å². The topological polar surface area (TPSA) is 69.6 Å². The number of nitrogens with zero attached hydrogens (tertiary/aromatic N) is 1. The molecule has 2 amide bonds. The first-order valence-electron chi connectivity index (χ1n) is 5.90. The Kier molecular flexibility index (Phi) is 5.54. The van der Waals surface area contributed by atoms with Crippen molar-refractivity contribution in [2.75, 3.05) is 13.1 Å². The van der Waals surface area contributed by atoms with E-state index in [1.807, 2.05) is 0 Å². The summed E-state index contributed by atoms with van der Waals surface area (Å²) in [5.41, 5.74) is 0.704. The van der Waals surface area contributed by atoms with E-state index >= 15 is 0 Å². The molecule has 1 aromatic carbocycles. The molecule has 20 heavy (non-hydrogen) atoms. The van der Waals surface area contributed by atoms with Gasteiger partial charge in [0.15, 0.2) is 0 Å². The molecule has 0 radical (unpaired) electrons. The molecule has 0 aliphatic rings. The van der Waals surface area contributed by atoms with E-state index in [9.17, 15) is 14.0 Å². The fourth-order valence-corrected chi connectivity index (χ4v) is 1.58. The molecule has 1 unspecified atom stereocenters. The zero-order valence-corrected chi connectivity index (χ0v) is 11.0. The summed E-state index contributed by atoms with van der Waals surface area (Å²) < 4.78 is 12.8. The minimum absolute atomic E-state index is 0.103. The summed E-state index contributed by atoms with van der Waals surface area (Å²) in [7, 11) is 0. The summed E-state index contributed by atoms with van der Waals surface area (Å²) in [5.74, 6) is 0.710. The molecule has 1 atom stereocenters. The fraction of sp³-hybridized carbons (Fsp3) is 0.286. The monoisotopic (exact) mass is 278 g/mol. The summed E-state index contributed by atoms with van der Waals surface area (Å²) in [5, 5.41) is 11.3. The number of amides is 2. The van der Waals surface area contributed by atoms with Gasteiger partial charge >= 0.3 is 12.0 Å². The fourth-order valence-electron chi connectivity index (χ4n) is 1.58. The van der Waals surface area contributed by atoms with Gasteiger partial charge in [-0.05, 0) is 24.6 Å². The molecule has 0 saturated heterocycles. The molecule has 106 valence electrons. The summed E-state index contributed by atoms with van der Waals surface area (Å²) in [4.78, 5) is 23.6. The second-order valence-corrected chi connectivity index (χ2v) is 4.18. The van der Waals surface area contributed by atoms with Gasteiger partial charge in [0.05, 0.1) is 12.6 Å². The van der Waals surface area contributed by atoms with Gasteiger partial charge in [0.25, 0.3) is 0 Å². The van der Waals surface area contributed by atoms with Crippen molar-refractivity contribution in [1.29, 1.82) is 0 Å². The number of halogens is 1. The van der Waals surface area contributed by atoms with Crippen molar-refractivity contribution in [2.24, 2.45) is 0 Å². The maximum absolute atomic E-state index is 12.8. The van der Waals surface area contributed by atoms with E-state index < -0.39 is 24.6 Å². The Bertz CT molecular complexity index is 522. The van der Waals surface area contributed by atoms with E-state index in [2.05, 4.69) is 11.2 Å². The van der Waals surface area contributed by atoms with Gasteiger partial charge in [0, 0.05) is 0 Å². The lowest BCUT2D eigenvalue weighted by Crippen LogP contribution is -2.43. The Balaban J connectivity index is 2.69. The third-order valence-corrected chi connectivity index (χ3v) is 2.61. The smallest absolute Gasteiger partial charge is 0.323 e. The van der Waals surface area contributed by atoms with Crippen LogP contribution in [0.5, 0.6) is 0 Å². The van der Waals surface area contributed by atoms with E-state index in [4.69, 9.17) is 11.5 Å². The highest BCUT2D eigenvalue weighted by molar-refractivity contribution is 5.80. The minimum Gasteiger partial charge on any atom is -0.480 e. The number of urea groups is 1. The van der Waals surface area contributed by atoms with Crippen LogP contribution in [0.4, 0.5) is 9.18 Å². The van der Waals surface area contributed by atoms with E-state index in [1.54, 1.807) is 19.1 Å². The van der Waals surface area contributed by atoms with Crippen molar-refractivity contribution in [3.8, 4) is 12.3 Å². The minimum atomic E-state index is -1.15. The molecule has 0 aliphatic heterocycles. The summed E-state index contributed by atoms with van der Waals surface area (Å²) in [6.45, 7) is 1.13. The lowest BCUT2D eigenvalue weighted by atomic mass is 10.1. The average molecular weight is 278 g/mol. The van der Waals surface area contributed by atoms with E-state index in [-0.39, 0.29) is 12.4 Å². The lowest BCUT2D eigenvalue weighted by molar-refractivity contribution is -0.137. The van der Waals surface area contributed by atoms with Crippen molar-refractivity contribution < 1.29 is 19.1 Å². The number of carbonyl (C=O) groups excluding carboxylic acids is 1. The van der Waals surface area contributed by atoms with E-state index in [0.717, 1.165) is 4.90 Å². The standard InChI is InChI=1S/C14H15FN2O3/c1-3-8-17(9-13(18)19)14(20)16-10(2)11-4-6-12(15)7-5-11/h1,4-7,10H,8-9H2,2H3,(H,16,20)(H,18,19). The number of benzene rings is 1. The second kappa shape index (κ2) is 7.14. The van der Waals surface area contributed by atoms with Gasteiger partial charge in [-0.2, -0.15) is 0 Å². The largest absolute Gasteiger partial charge is 0.480 e. The van der Waals surface area contributed by atoms with Crippen LogP contribution in [0.3, 0.4) is 0 Å². The van der Waals surface area contributed by atoms with Crippen LogP contribution >= 0.6 is 0 Å². The van der Waals surface area contributed by atoms with Crippen molar-refractivity contribution >= 4 is 12.0 Å². The summed E-state index contributed by atoms with van der Waals surface area (Å²) in [6, 6.07) is 4.69. The molecule has 0 heterocycles. The maximum Gasteiger partial charge on any atom is 0.323 e. The molecule has 0 aliphatic carbocycles. The van der Waals surface area contributed by atoms with Crippen LogP contribution in [0.1, 0.15) is 18.5 Å². The van der Waals surface area contributed by atoms with Crippen molar-refractivity contribution in [2.45, 2.75) is 13.0 Å². The zero-order chi connectivity index (χ0) is 15.1. The molecular formula is C14H15FN2O3. The van der Waals surface area contributed by atoms with Gasteiger partial charge in [0.1, 0.15) is 12.4 Å². The number of hydrogen-bond acceptors (Lipinski definition) is 2. The maximum atomic E-state index is 12.8. The number of nitrogens with one attached hydrogen (secondary N) is 1. The lowest BCUT2D eigenvalue weighted by Gasteiger charge is -2.22. The van der Waals surface area contributed by atoms with Gasteiger partial charge in [-0.15, -0.1) is 6.42 Å². The molecule has 1 aromatic rings. The predicted molar refractivity (Wildman–Crippen MR) is 71.4 cm³/mol. The highest BCUT2D eigenvalue weighted by Crippen LogP contribution is 2.13. The van der Waals surface area contributed by atoms with E-state index in [0.29, 0.717) is 5.56 Å². The molecule has 0 bridgehead atoms. The zero-order valence-electron chi connectivity index (χ0n) is 11.0.